The molecule has 0 aliphatic heterocycles. The Bertz CT molecular complexity index is 727. The molecule has 0 aliphatic carbocycles. The highest BCUT2D eigenvalue weighted by Crippen LogP contribution is 2.26. The number of ether oxygens (including phenoxy) is 1. The summed E-state index contributed by atoms with van der Waals surface area (Å²) in [5.41, 5.74) is 5.34. The van der Waals surface area contributed by atoms with Crippen LogP contribution in [0.3, 0.4) is 0 Å². The van der Waals surface area contributed by atoms with E-state index in [1.54, 1.807) is 17.4 Å². The van der Waals surface area contributed by atoms with Gasteiger partial charge in [0.25, 0.3) is 5.91 Å². The fourth-order valence-corrected chi connectivity index (χ4v) is 1.69. The zero-order valence-electron chi connectivity index (χ0n) is 11.6. The lowest BCUT2D eigenvalue weighted by Crippen LogP contribution is -2.29. The zero-order valence-corrected chi connectivity index (χ0v) is 11.6. The first-order chi connectivity index (χ1) is 10.8. The Morgan fingerprint density at radius 2 is 1.61 bits per heavy atom. The Morgan fingerprint density at radius 3 is 2.17 bits per heavy atom. The zero-order chi connectivity index (χ0) is 17.0. The molecule has 0 unspecified atom stereocenters. The van der Waals surface area contributed by atoms with Crippen LogP contribution in [-0.4, -0.2) is 18.0 Å². The van der Waals surface area contributed by atoms with Crippen LogP contribution in [0.25, 0.3) is 0 Å². The standard InChI is InChI=1S/C15H11F3N2O3/c16-15(17,18)14(22)20-9-5-7-10(8-6-9)23-12-4-2-1-3-11(12)13(19)21/h1-8H,(H2,19,21)(H,20,22). The monoisotopic (exact) mass is 324 g/mol. The lowest BCUT2D eigenvalue weighted by molar-refractivity contribution is -0.167. The number of carbonyl (C=O) groups excluding carboxylic acids is 2. The first-order valence-electron chi connectivity index (χ1n) is 6.32. The van der Waals surface area contributed by atoms with E-state index in [2.05, 4.69) is 0 Å². The summed E-state index contributed by atoms with van der Waals surface area (Å²) >= 11 is 0. The Labute approximate surface area is 128 Å². The van der Waals surface area contributed by atoms with Crippen LogP contribution in [0.2, 0.25) is 0 Å². The average Bonchev–Trinajstić information content (AvgIpc) is 2.48. The minimum absolute atomic E-state index is 0.0390. The maximum Gasteiger partial charge on any atom is 0.471 e. The molecule has 23 heavy (non-hydrogen) atoms. The van der Waals surface area contributed by atoms with Gasteiger partial charge >= 0.3 is 12.1 Å². The molecule has 0 radical (unpaired) electrons. The molecule has 0 fully saturated rings. The first-order valence-corrected chi connectivity index (χ1v) is 6.32. The Hall–Kier alpha value is -3.03. The Balaban J connectivity index is 2.12. The van der Waals surface area contributed by atoms with Crippen LogP contribution in [0.1, 0.15) is 10.4 Å². The number of nitrogens with one attached hydrogen (secondary N) is 1. The van der Waals surface area contributed by atoms with E-state index in [1.165, 1.54) is 36.4 Å². The predicted molar refractivity (Wildman–Crippen MR) is 76.2 cm³/mol. The minimum Gasteiger partial charge on any atom is -0.457 e. The van der Waals surface area contributed by atoms with E-state index < -0.39 is 18.0 Å². The highest BCUT2D eigenvalue weighted by atomic mass is 19.4. The van der Waals surface area contributed by atoms with Crippen molar-refractivity contribution in [2.24, 2.45) is 5.73 Å². The Morgan fingerprint density at radius 1 is 1.00 bits per heavy atom. The van der Waals surface area contributed by atoms with Crippen molar-refractivity contribution in [3.63, 3.8) is 0 Å². The number of amides is 2. The molecule has 3 N–H and O–H groups in total. The molecule has 2 aromatic carbocycles. The van der Waals surface area contributed by atoms with Crippen molar-refractivity contribution in [1.29, 1.82) is 0 Å². The first kappa shape index (κ1) is 16.3. The molecule has 2 aromatic rings. The van der Waals surface area contributed by atoms with Gasteiger partial charge in [-0.3, -0.25) is 9.59 Å². The van der Waals surface area contributed by atoms with Crippen molar-refractivity contribution >= 4 is 17.5 Å². The van der Waals surface area contributed by atoms with Gasteiger partial charge in [0, 0.05) is 5.69 Å². The maximum absolute atomic E-state index is 12.1. The summed E-state index contributed by atoms with van der Waals surface area (Å²) in [5.74, 6) is -2.25. The van der Waals surface area contributed by atoms with E-state index in [0.717, 1.165) is 0 Å². The third-order valence-electron chi connectivity index (χ3n) is 2.75. The largest absolute Gasteiger partial charge is 0.471 e. The molecule has 0 saturated heterocycles. The number of primary amides is 1. The number of rotatable bonds is 4. The average molecular weight is 324 g/mol. The summed E-state index contributed by atoms with van der Waals surface area (Å²) < 4.78 is 41.9. The van der Waals surface area contributed by atoms with Crippen molar-refractivity contribution < 1.29 is 27.5 Å². The van der Waals surface area contributed by atoms with Gasteiger partial charge in [-0.2, -0.15) is 13.2 Å². The van der Waals surface area contributed by atoms with Crippen LogP contribution >= 0.6 is 0 Å². The summed E-state index contributed by atoms with van der Waals surface area (Å²) in [6.45, 7) is 0. The molecule has 8 heteroatoms. The Kier molecular flexibility index (Phi) is 4.54. The smallest absolute Gasteiger partial charge is 0.457 e. The fourth-order valence-electron chi connectivity index (χ4n) is 1.69. The second-order valence-electron chi connectivity index (χ2n) is 4.44. The summed E-state index contributed by atoms with van der Waals surface area (Å²) in [5, 5.41) is 1.71. The fraction of sp³-hybridized carbons (Fsp3) is 0.0667. The van der Waals surface area contributed by atoms with Crippen LogP contribution in [-0.2, 0) is 4.79 Å². The van der Waals surface area contributed by atoms with Gasteiger partial charge in [-0.15, -0.1) is 0 Å². The van der Waals surface area contributed by atoms with Crippen LogP contribution in [0.15, 0.2) is 48.5 Å². The molecule has 0 saturated carbocycles. The van der Waals surface area contributed by atoms with Crippen molar-refractivity contribution in [3.8, 4) is 11.5 Å². The number of nitrogens with two attached hydrogens (primary N) is 1. The van der Waals surface area contributed by atoms with Crippen LogP contribution in [0.5, 0.6) is 11.5 Å². The van der Waals surface area contributed by atoms with E-state index >= 15 is 0 Å². The van der Waals surface area contributed by atoms with Gasteiger partial charge in [-0.1, -0.05) is 12.1 Å². The van der Waals surface area contributed by atoms with E-state index in [1.807, 2.05) is 0 Å². The number of alkyl halides is 3. The number of carbonyl (C=O) groups is 2. The van der Waals surface area contributed by atoms with E-state index in [-0.39, 0.29) is 22.7 Å². The van der Waals surface area contributed by atoms with Crippen molar-refractivity contribution in [2.45, 2.75) is 6.18 Å². The van der Waals surface area contributed by atoms with E-state index in [9.17, 15) is 22.8 Å². The molecule has 0 heterocycles. The van der Waals surface area contributed by atoms with Gasteiger partial charge in [-0.05, 0) is 36.4 Å². The SMILES string of the molecule is NC(=O)c1ccccc1Oc1ccc(NC(=O)C(F)(F)F)cc1. The van der Waals surface area contributed by atoms with Crippen molar-refractivity contribution in [1.82, 2.24) is 0 Å². The number of benzene rings is 2. The van der Waals surface area contributed by atoms with Gasteiger partial charge in [0.1, 0.15) is 11.5 Å². The molecule has 0 spiro atoms. The molecule has 0 aliphatic rings. The van der Waals surface area contributed by atoms with Gasteiger partial charge in [0.15, 0.2) is 0 Å². The number of halogens is 3. The summed E-state index contributed by atoms with van der Waals surface area (Å²) in [7, 11) is 0. The molecule has 0 aromatic heterocycles. The molecular formula is C15H11F3N2O3. The minimum atomic E-state index is -4.96. The molecule has 5 nitrogen and oxygen atoms in total. The van der Waals surface area contributed by atoms with Crippen molar-refractivity contribution in [3.05, 3.63) is 54.1 Å². The molecule has 0 atom stereocenters. The third kappa shape index (κ3) is 4.22. The van der Waals surface area contributed by atoms with Crippen molar-refractivity contribution in [2.75, 3.05) is 5.32 Å². The summed E-state index contributed by atoms with van der Waals surface area (Å²) in [6, 6.07) is 11.4. The molecule has 120 valence electrons. The van der Waals surface area contributed by atoms with E-state index in [0.29, 0.717) is 0 Å². The second kappa shape index (κ2) is 6.39. The maximum atomic E-state index is 12.1. The molecule has 2 amide bonds. The van der Waals surface area contributed by atoms with Gasteiger partial charge in [-0.25, -0.2) is 0 Å². The van der Waals surface area contributed by atoms with Gasteiger partial charge in [0.2, 0.25) is 0 Å². The molecule has 2 rings (SSSR count). The number of hydrogen-bond acceptors (Lipinski definition) is 3. The number of anilines is 1. The predicted octanol–water partition coefficient (Wildman–Crippen LogP) is 3.08. The van der Waals surface area contributed by atoms with Crippen LogP contribution < -0.4 is 15.8 Å². The second-order valence-corrected chi connectivity index (χ2v) is 4.44. The highest BCUT2D eigenvalue weighted by Gasteiger charge is 2.38. The highest BCUT2D eigenvalue weighted by molar-refractivity contribution is 5.96. The van der Waals surface area contributed by atoms with Gasteiger partial charge < -0.3 is 15.8 Å². The van der Waals surface area contributed by atoms with Crippen LogP contribution in [0, 0.1) is 0 Å². The summed E-state index contributed by atoms with van der Waals surface area (Å²) in [6.07, 6.45) is -4.96. The normalized spacial score (nSPS) is 10.9. The lowest BCUT2D eigenvalue weighted by atomic mass is 10.2. The topological polar surface area (TPSA) is 81.4 Å². The van der Waals surface area contributed by atoms with Gasteiger partial charge in [0.05, 0.1) is 5.56 Å². The third-order valence-corrected chi connectivity index (χ3v) is 2.75. The molecule has 0 bridgehead atoms. The number of hydrogen-bond donors (Lipinski definition) is 2. The van der Waals surface area contributed by atoms with E-state index in [4.69, 9.17) is 10.5 Å². The summed E-state index contributed by atoms with van der Waals surface area (Å²) in [4.78, 5) is 22.1. The lowest BCUT2D eigenvalue weighted by Gasteiger charge is -2.11. The molecular weight excluding hydrogens is 313 g/mol. The quantitative estimate of drug-likeness (QED) is 0.907. The number of para-hydroxylation sites is 1. The van der Waals surface area contributed by atoms with Crippen LogP contribution in [0.4, 0.5) is 18.9 Å².